The summed E-state index contributed by atoms with van der Waals surface area (Å²) in [7, 11) is 0. The lowest BCUT2D eigenvalue weighted by Gasteiger charge is -2.32. The molecule has 1 aromatic heterocycles. The Kier molecular flexibility index (Phi) is 9.96. The van der Waals surface area contributed by atoms with Crippen molar-refractivity contribution in [2.24, 2.45) is 5.92 Å². The number of amides is 4. The van der Waals surface area contributed by atoms with Crippen LogP contribution in [0.2, 0.25) is 0 Å². The molecule has 1 aliphatic heterocycles. The number of likely N-dealkylation sites (tertiary alicyclic amines) is 1. The van der Waals surface area contributed by atoms with Gasteiger partial charge in [-0.2, -0.15) is 0 Å². The summed E-state index contributed by atoms with van der Waals surface area (Å²) in [4.78, 5) is 50.0. The van der Waals surface area contributed by atoms with E-state index >= 15 is 0 Å². The molecule has 1 aromatic rings. The first-order valence-electron chi connectivity index (χ1n) is 11.2. The van der Waals surface area contributed by atoms with Crippen LogP contribution in [0.15, 0.2) is 28.9 Å². The molecule has 2 heterocycles. The number of furan rings is 1. The summed E-state index contributed by atoms with van der Waals surface area (Å²) in [5.74, 6) is -0.283. The van der Waals surface area contributed by atoms with E-state index in [9.17, 15) is 19.2 Å². The topological polar surface area (TPSA) is 130 Å². The number of hydrogen-bond donors (Lipinski definition) is 3. The van der Waals surface area contributed by atoms with Crippen molar-refractivity contribution < 1.29 is 28.3 Å². The molecule has 1 fully saturated rings. The van der Waals surface area contributed by atoms with Crippen LogP contribution in [0.5, 0.6) is 0 Å². The van der Waals surface area contributed by atoms with Crippen LogP contribution in [0.4, 0.5) is 4.79 Å². The minimum atomic E-state index is -0.578. The largest absolute Gasteiger partial charge is 0.465 e. The summed E-state index contributed by atoms with van der Waals surface area (Å²) >= 11 is 0. The highest BCUT2D eigenvalue weighted by Gasteiger charge is 2.28. The molecule has 1 saturated heterocycles. The third-order valence-electron chi connectivity index (χ3n) is 4.82. The van der Waals surface area contributed by atoms with Crippen molar-refractivity contribution >= 4 is 29.9 Å². The number of nitrogens with one attached hydrogen (secondary N) is 3. The summed E-state index contributed by atoms with van der Waals surface area (Å²) in [5, 5.41) is 8.05. The third kappa shape index (κ3) is 10.2. The molecule has 0 bridgehead atoms. The smallest absolute Gasteiger partial charge is 0.407 e. The van der Waals surface area contributed by atoms with Crippen molar-refractivity contribution in [2.45, 2.75) is 45.6 Å². The molecular formula is C23H34N4O6. The van der Waals surface area contributed by atoms with Gasteiger partial charge in [-0.25, -0.2) is 4.79 Å². The van der Waals surface area contributed by atoms with Crippen LogP contribution in [-0.2, 0) is 19.1 Å². The highest BCUT2D eigenvalue weighted by molar-refractivity contribution is 5.91. The minimum Gasteiger partial charge on any atom is -0.465 e. The van der Waals surface area contributed by atoms with Gasteiger partial charge in [-0.1, -0.05) is 0 Å². The van der Waals surface area contributed by atoms with E-state index in [0.29, 0.717) is 25.3 Å². The summed E-state index contributed by atoms with van der Waals surface area (Å²) in [5.41, 5.74) is -0.578. The first-order chi connectivity index (χ1) is 15.6. The van der Waals surface area contributed by atoms with E-state index in [-0.39, 0.29) is 49.7 Å². The van der Waals surface area contributed by atoms with E-state index in [1.165, 1.54) is 12.3 Å². The van der Waals surface area contributed by atoms with Crippen LogP contribution in [0.1, 0.15) is 45.8 Å². The summed E-state index contributed by atoms with van der Waals surface area (Å²) < 4.78 is 10.2. The van der Waals surface area contributed by atoms with Gasteiger partial charge in [0.15, 0.2) is 0 Å². The highest BCUT2D eigenvalue weighted by atomic mass is 16.6. The predicted molar refractivity (Wildman–Crippen MR) is 122 cm³/mol. The Morgan fingerprint density at radius 3 is 2.61 bits per heavy atom. The van der Waals surface area contributed by atoms with Crippen LogP contribution >= 0.6 is 0 Å². The fourth-order valence-corrected chi connectivity index (χ4v) is 3.28. The molecule has 3 N–H and O–H groups in total. The molecule has 0 aliphatic carbocycles. The fourth-order valence-electron chi connectivity index (χ4n) is 3.28. The van der Waals surface area contributed by atoms with E-state index in [1.54, 1.807) is 43.9 Å². The van der Waals surface area contributed by atoms with Crippen LogP contribution in [0.3, 0.4) is 0 Å². The Hall–Kier alpha value is -3.30. The van der Waals surface area contributed by atoms with Crippen molar-refractivity contribution in [2.75, 3.05) is 32.7 Å². The molecule has 0 radical (unpaired) electrons. The molecule has 33 heavy (non-hydrogen) atoms. The number of hydrogen-bond acceptors (Lipinski definition) is 6. The van der Waals surface area contributed by atoms with E-state index in [2.05, 4.69) is 16.0 Å². The molecule has 10 nitrogen and oxygen atoms in total. The SMILES string of the molecule is CC(C)(C)OC(=O)NCCNC(=O)C1CCCN(C(=O)CCNC(=O)/C=C/c2ccco2)C1. The lowest BCUT2D eigenvalue weighted by atomic mass is 9.97. The number of nitrogens with zero attached hydrogens (tertiary/aromatic N) is 1. The van der Waals surface area contributed by atoms with Crippen molar-refractivity contribution in [1.29, 1.82) is 0 Å². The predicted octanol–water partition coefficient (Wildman–Crippen LogP) is 1.68. The molecule has 1 unspecified atom stereocenters. The van der Waals surface area contributed by atoms with Gasteiger partial charge in [0.1, 0.15) is 11.4 Å². The quantitative estimate of drug-likeness (QED) is 0.378. The van der Waals surface area contributed by atoms with E-state index < -0.39 is 11.7 Å². The third-order valence-corrected chi connectivity index (χ3v) is 4.82. The molecule has 1 atom stereocenters. The average Bonchev–Trinajstić information content (AvgIpc) is 3.27. The number of carbonyl (C=O) groups is 4. The molecule has 10 heteroatoms. The van der Waals surface area contributed by atoms with Gasteiger partial charge in [-0.15, -0.1) is 0 Å². The zero-order chi connectivity index (χ0) is 24.3. The normalized spacial score (nSPS) is 16.3. The second-order valence-electron chi connectivity index (χ2n) is 8.79. The van der Waals surface area contributed by atoms with Crippen LogP contribution < -0.4 is 16.0 Å². The Morgan fingerprint density at radius 2 is 1.91 bits per heavy atom. The van der Waals surface area contributed by atoms with Gasteiger partial charge < -0.3 is 30.0 Å². The Labute approximate surface area is 194 Å². The number of ether oxygens (including phenoxy) is 1. The minimum absolute atomic E-state index is 0.102. The number of alkyl carbamates (subject to hydrolysis) is 1. The molecular weight excluding hydrogens is 428 g/mol. The Morgan fingerprint density at radius 1 is 1.15 bits per heavy atom. The standard InChI is InChI=1S/C23H34N4O6/c1-23(2,3)33-22(31)26-13-12-25-21(30)17-6-4-14-27(16-17)20(29)10-11-24-19(28)9-8-18-7-5-15-32-18/h5,7-9,15,17H,4,6,10-14,16H2,1-3H3,(H,24,28)(H,25,30)(H,26,31)/b9-8+. The van der Waals surface area contributed by atoms with E-state index in [0.717, 1.165) is 6.42 Å². The average molecular weight is 463 g/mol. The molecule has 0 saturated carbocycles. The maximum atomic E-state index is 12.5. The maximum Gasteiger partial charge on any atom is 0.407 e. The lowest BCUT2D eigenvalue weighted by molar-refractivity contribution is -0.135. The Balaban J connectivity index is 1.64. The Bertz CT molecular complexity index is 829. The lowest BCUT2D eigenvalue weighted by Crippen LogP contribution is -2.47. The highest BCUT2D eigenvalue weighted by Crippen LogP contribution is 2.17. The first kappa shape index (κ1) is 26.0. The van der Waals surface area contributed by atoms with Crippen LogP contribution in [0, 0.1) is 5.92 Å². The molecule has 1 aliphatic rings. The van der Waals surface area contributed by atoms with Crippen molar-refractivity contribution in [3.63, 3.8) is 0 Å². The van der Waals surface area contributed by atoms with Crippen molar-refractivity contribution in [3.8, 4) is 0 Å². The zero-order valence-corrected chi connectivity index (χ0v) is 19.5. The molecule has 0 aromatic carbocycles. The second-order valence-corrected chi connectivity index (χ2v) is 8.79. The van der Waals surface area contributed by atoms with Gasteiger partial charge in [0.25, 0.3) is 0 Å². The molecule has 182 valence electrons. The number of carbonyl (C=O) groups excluding carboxylic acids is 4. The van der Waals surface area contributed by atoms with Gasteiger partial charge in [-0.3, -0.25) is 14.4 Å². The number of piperidine rings is 1. The van der Waals surface area contributed by atoms with Crippen molar-refractivity contribution in [3.05, 3.63) is 30.2 Å². The molecule has 0 spiro atoms. The van der Waals surface area contributed by atoms with Crippen molar-refractivity contribution in [1.82, 2.24) is 20.9 Å². The van der Waals surface area contributed by atoms with Crippen LogP contribution in [-0.4, -0.2) is 67.0 Å². The fraction of sp³-hybridized carbons (Fsp3) is 0.565. The first-order valence-corrected chi connectivity index (χ1v) is 11.2. The summed E-state index contributed by atoms with van der Waals surface area (Å²) in [6, 6.07) is 3.46. The van der Waals surface area contributed by atoms with Gasteiger partial charge in [0.05, 0.1) is 12.2 Å². The van der Waals surface area contributed by atoms with E-state index in [4.69, 9.17) is 9.15 Å². The molecule has 4 amide bonds. The maximum absolute atomic E-state index is 12.5. The van der Waals surface area contributed by atoms with Crippen LogP contribution in [0.25, 0.3) is 6.08 Å². The number of rotatable bonds is 9. The monoisotopic (exact) mass is 462 g/mol. The zero-order valence-electron chi connectivity index (χ0n) is 19.5. The molecule has 2 rings (SSSR count). The summed E-state index contributed by atoms with van der Waals surface area (Å²) in [6.45, 7) is 7.01. The summed E-state index contributed by atoms with van der Waals surface area (Å²) in [6.07, 6.45) is 5.48. The second kappa shape index (κ2) is 12.7. The van der Waals surface area contributed by atoms with Gasteiger partial charge in [0.2, 0.25) is 17.7 Å². The van der Waals surface area contributed by atoms with Gasteiger partial charge in [0, 0.05) is 45.2 Å². The van der Waals surface area contributed by atoms with Gasteiger partial charge >= 0.3 is 6.09 Å². The van der Waals surface area contributed by atoms with E-state index in [1.807, 2.05) is 0 Å². The van der Waals surface area contributed by atoms with Gasteiger partial charge in [-0.05, 0) is 51.8 Å².